The average Bonchev–Trinajstić information content (AvgIpc) is 2.87. The molecule has 0 radical (unpaired) electrons. The zero-order valence-electron chi connectivity index (χ0n) is 9.54. The third-order valence-electron chi connectivity index (χ3n) is 3.43. The van der Waals surface area contributed by atoms with Gasteiger partial charge in [-0.2, -0.15) is 0 Å². The molecule has 0 aromatic carbocycles. The molecule has 1 saturated carbocycles. The molecular formula is C11H14N2O5. The van der Waals surface area contributed by atoms with Gasteiger partial charge in [0.25, 0.3) is 0 Å². The first kappa shape index (κ1) is 12.6. The van der Waals surface area contributed by atoms with Crippen LogP contribution in [0.3, 0.4) is 0 Å². The number of carbonyl (C=O) groups is 3. The van der Waals surface area contributed by atoms with E-state index in [0.29, 0.717) is 6.42 Å². The summed E-state index contributed by atoms with van der Waals surface area (Å²) in [6, 6.07) is 0. The third-order valence-corrected chi connectivity index (χ3v) is 3.43. The van der Waals surface area contributed by atoms with Crippen LogP contribution in [0.1, 0.15) is 6.42 Å². The number of primary amides is 1. The number of carbonyl (C=O) groups excluding carboxylic acids is 2. The van der Waals surface area contributed by atoms with E-state index in [1.165, 1.54) is 0 Å². The second-order valence-corrected chi connectivity index (χ2v) is 4.56. The molecule has 2 amide bonds. The van der Waals surface area contributed by atoms with E-state index < -0.39 is 36.2 Å². The fraction of sp³-hybridized carbons (Fsp3) is 0.545. The number of aliphatic carboxylic acids is 1. The Kier molecular flexibility index (Phi) is 3.33. The molecule has 0 aromatic heterocycles. The van der Waals surface area contributed by atoms with Crippen molar-refractivity contribution in [1.82, 2.24) is 5.48 Å². The maximum atomic E-state index is 11.8. The van der Waals surface area contributed by atoms with Crippen molar-refractivity contribution in [2.24, 2.45) is 29.4 Å². The minimum atomic E-state index is -0.984. The zero-order valence-corrected chi connectivity index (χ0v) is 9.54. The van der Waals surface area contributed by atoms with Crippen LogP contribution in [0, 0.1) is 23.7 Å². The molecule has 0 aromatic rings. The smallest absolute Gasteiger partial charge is 0.307 e. The second kappa shape index (κ2) is 4.77. The van der Waals surface area contributed by atoms with Gasteiger partial charge in [-0.25, -0.2) is 5.48 Å². The number of carboxylic acid groups (broad SMARTS) is 1. The van der Waals surface area contributed by atoms with Crippen LogP contribution in [0.4, 0.5) is 0 Å². The molecule has 2 rings (SSSR count). The number of amides is 2. The Balaban J connectivity index is 1.98. The normalized spacial score (nSPS) is 32.4. The van der Waals surface area contributed by atoms with E-state index >= 15 is 0 Å². The van der Waals surface area contributed by atoms with E-state index in [0.717, 1.165) is 0 Å². The SMILES string of the molecule is NC(=O)CONC(=O)C1C2C=CC(C2)C1C(=O)O. The Hall–Kier alpha value is -1.89. The number of hydrogen-bond donors (Lipinski definition) is 3. The van der Waals surface area contributed by atoms with Gasteiger partial charge in [-0.1, -0.05) is 12.2 Å². The van der Waals surface area contributed by atoms with Crippen LogP contribution >= 0.6 is 0 Å². The van der Waals surface area contributed by atoms with E-state index in [1.54, 1.807) is 0 Å². The van der Waals surface area contributed by atoms with Crippen molar-refractivity contribution in [2.75, 3.05) is 6.61 Å². The lowest BCUT2D eigenvalue weighted by atomic mass is 9.82. The minimum Gasteiger partial charge on any atom is -0.481 e. The standard InChI is InChI=1S/C11H14N2O5/c12-7(14)4-18-13-10(15)8-5-1-2-6(3-5)9(8)11(16)17/h1-2,5-6,8-9H,3-4H2,(H2,12,14)(H,13,15)(H,16,17). The first-order chi connectivity index (χ1) is 8.50. The van der Waals surface area contributed by atoms with Gasteiger partial charge in [-0.3, -0.25) is 19.2 Å². The highest BCUT2D eigenvalue weighted by molar-refractivity contribution is 5.86. The van der Waals surface area contributed by atoms with Gasteiger partial charge < -0.3 is 10.8 Å². The van der Waals surface area contributed by atoms with E-state index in [1.807, 2.05) is 12.2 Å². The summed E-state index contributed by atoms with van der Waals surface area (Å²) in [6.07, 6.45) is 4.38. The fourth-order valence-corrected chi connectivity index (χ4v) is 2.76. The number of carboxylic acids is 1. The lowest BCUT2D eigenvalue weighted by Gasteiger charge is -2.23. The Morgan fingerprint density at radius 3 is 2.44 bits per heavy atom. The van der Waals surface area contributed by atoms with Gasteiger partial charge in [0.1, 0.15) is 0 Å². The van der Waals surface area contributed by atoms with Crippen molar-refractivity contribution < 1.29 is 24.3 Å². The van der Waals surface area contributed by atoms with Crippen LogP contribution in [0.25, 0.3) is 0 Å². The molecule has 4 unspecified atom stereocenters. The largest absolute Gasteiger partial charge is 0.481 e. The minimum absolute atomic E-state index is 0.0757. The summed E-state index contributed by atoms with van der Waals surface area (Å²) in [5.74, 6) is -3.75. The van der Waals surface area contributed by atoms with Crippen LogP contribution in [-0.4, -0.2) is 29.5 Å². The maximum Gasteiger partial charge on any atom is 0.307 e. The zero-order chi connectivity index (χ0) is 13.3. The molecule has 0 spiro atoms. The highest BCUT2D eigenvalue weighted by atomic mass is 16.7. The predicted molar refractivity (Wildman–Crippen MR) is 58.6 cm³/mol. The van der Waals surface area contributed by atoms with Crippen LogP contribution < -0.4 is 11.2 Å². The topological polar surface area (TPSA) is 119 Å². The van der Waals surface area contributed by atoms with Crippen molar-refractivity contribution in [1.29, 1.82) is 0 Å². The monoisotopic (exact) mass is 254 g/mol. The predicted octanol–water partition coefficient (Wildman–Crippen LogP) is -0.958. The average molecular weight is 254 g/mol. The molecule has 0 saturated heterocycles. The molecule has 2 aliphatic carbocycles. The van der Waals surface area contributed by atoms with Crippen molar-refractivity contribution in [3.8, 4) is 0 Å². The van der Waals surface area contributed by atoms with Crippen molar-refractivity contribution in [3.05, 3.63) is 12.2 Å². The van der Waals surface area contributed by atoms with Crippen LogP contribution in [-0.2, 0) is 19.2 Å². The lowest BCUT2D eigenvalue weighted by Crippen LogP contribution is -2.41. The maximum absolute atomic E-state index is 11.8. The van der Waals surface area contributed by atoms with Crippen LogP contribution in [0.2, 0.25) is 0 Å². The molecule has 2 aliphatic rings. The van der Waals surface area contributed by atoms with E-state index in [9.17, 15) is 14.4 Å². The van der Waals surface area contributed by atoms with Crippen molar-refractivity contribution in [2.45, 2.75) is 6.42 Å². The highest BCUT2D eigenvalue weighted by Crippen LogP contribution is 2.48. The lowest BCUT2D eigenvalue weighted by molar-refractivity contribution is -0.152. The number of nitrogens with one attached hydrogen (secondary N) is 1. The summed E-state index contributed by atoms with van der Waals surface area (Å²) < 4.78 is 0. The summed E-state index contributed by atoms with van der Waals surface area (Å²) in [6.45, 7) is -0.430. The summed E-state index contributed by atoms with van der Waals surface area (Å²) >= 11 is 0. The summed E-state index contributed by atoms with van der Waals surface area (Å²) in [7, 11) is 0. The van der Waals surface area contributed by atoms with Gasteiger partial charge in [0.05, 0.1) is 11.8 Å². The first-order valence-electron chi connectivity index (χ1n) is 5.61. The highest BCUT2D eigenvalue weighted by Gasteiger charge is 2.51. The van der Waals surface area contributed by atoms with Gasteiger partial charge in [-0.05, 0) is 18.3 Å². The molecule has 7 nitrogen and oxygen atoms in total. The van der Waals surface area contributed by atoms with Gasteiger partial charge in [0.2, 0.25) is 11.8 Å². The summed E-state index contributed by atoms with van der Waals surface area (Å²) in [5, 5.41) is 9.14. The Labute approximate surface area is 103 Å². The van der Waals surface area contributed by atoms with Crippen molar-refractivity contribution in [3.63, 3.8) is 0 Å². The molecule has 4 atom stereocenters. The molecule has 7 heteroatoms. The fourth-order valence-electron chi connectivity index (χ4n) is 2.76. The first-order valence-corrected chi connectivity index (χ1v) is 5.61. The summed E-state index contributed by atoms with van der Waals surface area (Å²) in [5.41, 5.74) is 6.94. The van der Waals surface area contributed by atoms with Crippen molar-refractivity contribution >= 4 is 17.8 Å². The van der Waals surface area contributed by atoms with Crippen LogP contribution in [0.5, 0.6) is 0 Å². The molecular weight excluding hydrogens is 240 g/mol. The molecule has 0 heterocycles. The molecule has 18 heavy (non-hydrogen) atoms. The molecule has 4 N–H and O–H groups in total. The van der Waals surface area contributed by atoms with Gasteiger partial charge in [0.15, 0.2) is 6.61 Å². The quantitative estimate of drug-likeness (QED) is 0.431. The molecule has 0 aliphatic heterocycles. The van der Waals surface area contributed by atoms with E-state index in [-0.39, 0.29) is 11.8 Å². The Morgan fingerprint density at radius 1 is 1.28 bits per heavy atom. The molecule has 2 bridgehead atoms. The second-order valence-electron chi connectivity index (χ2n) is 4.56. The molecule has 98 valence electrons. The molecule has 1 fully saturated rings. The number of fused-ring (bicyclic) bond motifs is 2. The Morgan fingerprint density at radius 2 is 1.89 bits per heavy atom. The number of allylic oxidation sites excluding steroid dienone is 2. The van der Waals surface area contributed by atoms with E-state index in [4.69, 9.17) is 10.8 Å². The van der Waals surface area contributed by atoms with Gasteiger partial charge in [-0.15, -0.1) is 0 Å². The number of hydroxylamine groups is 1. The number of hydrogen-bond acceptors (Lipinski definition) is 4. The number of nitrogens with two attached hydrogens (primary N) is 1. The van der Waals surface area contributed by atoms with E-state index in [2.05, 4.69) is 10.3 Å². The van der Waals surface area contributed by atoms with Crippen LogP contribution in [0.15, 0.2) is 12.2 Å². The summed E-state index contributed by atoms with van der Waals surface area (Å²) in [4.78, 5) is 38.1. The third kappa shape index (κ3) is 2.21. The van der Waals surface area contributed by atoms with Gasteiger partial charge in [0, 0.05) is 0 Å². The Bertz CT molecular complexity index is 420. The number of rotatable bonds is 5. The van der Waals surface area contributed by atoms with Gasteiger partial charge >= 0.3 is 5.97 Å².